The molecule has 9 nitrogen and oxygen atoms in total. The van der Waals surface area contributed by atoms with E-state index in [4.69, 9.17) is 19.9 Å². The third-order valence-corrected chi connectivity index (χ3v) is 3.59. The number of nitrogens with two attached hydrogens (primary N) is 1. The van der Waals surface area contributed by atoms with Crippen LogP contribution in [0.15, 0.2) is 42.5 Å². The summed E-state index contributed by atoms with van der Waals surface area (Å²) in [4.78, 5) is 35.1. The van der Waals surface area contributed by atoms with Crippen molar-refractivity contribution in [3.63, 3.8) is 0 Å². The first-order valence-electron chi connectivity index (χ1n) is 8.41. The van der Waals surface area contributed by atoms with Crippen LogP contribution < -0.4 is 30.8 Å². The molecule has 29 heavy (non-hydrogen) atoms. The molecular weight excluding hydrogens is 385 g/mol. The van der Waals surface area contributed by atoms with E-state index in [0.29, 0.717) is 5.75 Å². The van der Waals surface area contributed by atoms with Gasteiger partial charge in [-0.25, -0.2) is 4.39 Å². The molecule has 0 aromatic heterocycles. The van der Waals surface area contributed by atoms with Crippen LogP contribution in [0.4, 0.5) is 4.39 Å². The second-order valence-corrected chi connectivity index (χ2v) is 5.78. The summed E-state index contributed by atoms with van der Waals surface area (Å²) < 4.78 is 28.5. The molecule has 4 N–H and O–H groups in total. The number of benzene rings is 2. The van der Waals surface area contributed by atoms with E-state index in [1.807, 2.05) is 0 Å². The zero-order valence-electron chi connectivity index (χ0n) is 15.7. The number of hydrazine groups is 1. The normalized spacial score (nSPS) is 11.1. The first-order valence-corrected chi connectivity index (χ1v) is 8.41. The summed E-state index contributed by atoms with van der Waals surface area (Å²) >= 11 is 0. The minimum absolute atomic E-state index is 0.167. The topological polar surface area (TPSA) is 129 Å². The van der Waals surface area contributed by atoms with Gasteiger partial charge in [0, 0.05) is 5.56 Å². The molecule has 0 bridgehead atoms. The van der Waals surface area contributed by atoms with Gasteiger partial charge in [-0.2, -0.15) is 0 Å². The number of ether oxygens (including phenoxy) is 3. The van der Waals surface area contributed by atoms with Gasteiger partial charge in [0.1, 0.15) is 11.6 Å². The Bertz CT molecular complexity index is 888. The number of primary amides is 1. The predicted molar refractivity (Wildman–Crippen MR) is 99.8 cm³/mol. The molecule has 10 heteroatoms. The summed E-state index contributed by atoms with van der Waals surface area (Å²) in [7, 11) is 1.37. The maximum absolute atomic E-state index is 12.9. The maximum Gasteiger partial charge on any atom is 0.279 e. The number of nitrogens with one attached hydrogen (secondary N) is 2. The Morgan fingerprint density at radius 1 is 1.07 bits per heavy atom. The van der Waals surface area contributed by atoms with E-state index < -0.39 is 29.6 Å². The molecule has 0 radical (unpaired) electrons. The molecule has 2 aromatic carbocycles. The van der Waals surface area contributed by atoms with Gasteiger partial charge in [0.15, 0.2) is 24.2 Å². The fourth-order valence-electron chi connectivity index (χ4n) is 2.14. The van der Waals surface area contributed by atoms with Crippen molar-refractivity contribution in [3.8, 4) is 17.2 Å². The Kier molecular flexibility index (Phi) is 7.35. The molecule has 0 aliphatic rings. The van der Waals surface area contributed by atoms with Crippen molar-refractivity contribution in [2.24, 2.45) is 5.73 Å². The van der Waals surface area contributed by atoms with Crippen LogP contribution in [0.5, 0.6) is 17.2 Å². The monoisotopic (exact) mass is 405 g/mol. The van der Waals surface area contributed by atoms with Crippen molar-refractivity contribution in [2.45, 2.75) is 13.0 Å². The van der Waals surface area contributed by atoms with Crippen LogP contribution in [-0.2, 0) is 9.59 Å². The largest absolute Gasteiger partial charge is 0.493 e. The van der Waals surface area contributed by atoms with Crippen molar-refractivity contribution in [2.75, 3.05) is 13.7 Å². The van der Waals surface area contributed by atoms with Crippen LogP contribution in [0, 0.1) is 5.82 Å². The maximum atomic E-state index is 12.9. The zero-order chi connectivity index (χ0) is 21.4. The summed E-state index contributed by atoms with van der Waals surface area (Å²) in [5, 5.41) is 0. The smallest absolute Gasteiger partial charge is 0.279 e. The van der Waals surface area contributed by atoms with Gasteiger partial charge in [-0.15, -0.1) is 0 Å². The SMILES string of the molecule is COc1cc(C(=O)NNC(=O)[C@H](C)Oc2ccc(F)cc2)ccc1OCC(N)=O. The highest BCUT2D eigenvalue weighted by Gasteiger charge is 2.17. The van der Waals surface area contributed by atoms with Gasteiger partial charge >= 0.3 is 0 Å². The third kappa shape index (κ3) is 6.38. The molecule has 1 atom stereocenters. The molecule has 2 aromatic rings. The molecular formula is C19H20FN3O6. The number of hydrogen-bond donors (Lipinski definition) is 3. The van der Waals surface area contributed by atoms with Crippen molar-refractivity contribution >= 4 is 17.7 Å². The lowest BCUT2D eigenvalue weighted by atomic mass is 10.2. The molecule has 0 aliphatic heterocycles. The number of halogens is 1. The van der Waals surface area contributed by atoms with E-state index in [0.717, 1.165) is 0 Å². The van der Waals surface area contributed by atoms with Crippen molar-refractivity contribution in [3.05, 3.63) is 53.8 Å². The highest BCUT2D eigenvalue weighted by Crippen LogP contribution is 2.27. The van der Waals surface area contributed by atoms with Crippen molar-refractivity contribution < 1.29 is 33.0 Å². The third-order valence-electron chi connectivity index (χ3n) is 3.59. The number of methoxy groups -OCH3 is 1. The summed E-state index contributed by atoms with van der Waals surface area (Å²) in [5.74, 6) is -1.58. The number of carbonyl (C=O) groups excluding carboxylic acids is 3. The highest BCUT2D eigenvalue weighted by molar-refractivity contribution is 5.96. The molecule has 0 unspecified atom stereocenters. The quantitative estimate of drug-likeness (QED) is 0.561. The second-order valence-electron chi connectivity index (χ2n) is 5.78. The first kappa shape index (κ1) is 21.5. The molecule has 0 spiro atoms. The molecule has 0 heterocycles. The lowest BCUT2D eigenvalue weighted by Gasteiger charge is -2.15. The molecule has 0 saturated heterocycles. The lowest BCUT2D eigenvalue weighted by Crippen LogP contribution is -2.47. The molecule has 3 amide bonds. The minimum Gasteiger partial charge on any atom is -0.493 e. The average molecular weight is 405 g/mol. The van der Waals surface area contributed by atoms with E-state index >= 15 is 0 Å². The summed E-state index contributed by atoms with van der Waals surface area (Å²) in [6.45, 7) is 1.13. The Morgan fingerprint density at radius 3 is 2.38 bits per heavy atom. The number of carbonyl (C=O) groups is 3. The Balaban J connectivity index is 1.92. The fourth-order valence-corrected chi connectivity index (χ4v) is 2.14. The predicted octanol–water partition coefficient (Wildman–Crippen LogP) is 0.927. The van der Waals surface area contributed by atoms with Gasteiger partial charge in [-0.05, 0) is 49.4 Å². The highest BCUT2D eigenvalue weighted by atomic mass is 19.1. The van der Waals surface area contributed by atoms with Crippen LogP contribution in [0.3, 0.4) is 0 Å². The van der Waals surface area contributed by atoms with E-state index in [9.17, 15) is 18.8 Å². The Morgan fingerprint density at radius 2 is 1.76 bits per heavy atom. The number of amides is 3. The molecule has 0 saturated carbocycles. The summed E-state index contributed by atoms with van der Waals surface area (Å²) in [6, 6.07) is 9.38. The van der Waals surface area contributed by atoms with Crippen LogP contribution in [0.25, 0.3) is 0 Å². The van der Waals surface area contributed by atoms with Gasteiger partial charge in [0.25, 0.3) is 17.7 Å². The minimum atomic E-state index is -0.945. The van der Waals surface area contributed by atoms with E-state index in [1.165, 1.54) is 56.5 Å². The molecule has 154 valence electrons. The van der Waals surface area contributed by atoms with E-state index in [-0.39, 0.29) is 23.7 Å². The van der Waals surface area contributed by atoms with Gasteiger partial charge in [0.05, 0.1) is 7.11 Å². The number of hydrogen-bond acceptors (Lipinski definition) is 6. The number of rotatable bonds is 8. The van der Waals surface area contributed by atoms with Gasteiger partial charge in [0.2, 0.25) is 0 Å². The van der Waals surface area contributed by atoms with E-state index in [1.54, 1.807) is 0 Å². The zero-order valence-corrected chi connectivity index (χ0v) is 15.7. The summed E-state index contributed by atoms with van der Waals surface area (Å²) in [6.07, 6.45) is -0.945. The van der Waals surface area contributed by atoms with E-state index in [2.05, 4.69) is 10.9 Å². The van der Waals surface area contributed by atoms with Gasteiger partial charge < -0.3 is 19.9 Å². The second kappa shape index (κ2) is 9.93. The summed E-state index contributed by atoms with van der Waals surface area (Å²) in [5.41, 5.74) is 9.67. The van der Waals surface area contributed by atoms with Crippen LogP contribution in [-0.4, -0.2) is 37.5 Å². The van der Waals surface area contributed by atoms with Crippen molar-refractivity contribution in [1.82, 2.24) is 10.9 Å². The fraction of sp³-hybridized carbons (Fsp3) is 0.211. The van der Waals surface area contributed by atoms with Crippen LogP contribution in [0.1, 0.15) is 17.3 Å². The molecule has 0 aliphatic carbocycles. The van der Waals surface area contributed by atoms with Crippen molar-refractivity contribution in [1.29, 1.82) is 0 Å². The van der Waals surface area contributed by atoms with Gasteiger partial charge in [-0.1, -0.05) is 0 Å². The van der Waals surface area contributed by atoms with Crippen LogP contribution >= 0.6 is 0 Å². The Labute approximate surface area is 165 Å². The average Bonchev–Trinajstić information content (AvgIpc) is 2.71. The Hall–Kier alpha value is -3.82. The molecule has 2 rings (SSSR count). The lowest BCUT2D eigenvalue weighted by molar-refractivity contribution is -0.128. The van der Waals surface area contributed by atoms with Crippen LogP contribution in [0.2, 0.25) is 0 Å². The standard InChI is InChI=1S/C19H20FN3O6/c1-11(29-14-6-4-13(20)5-7-14)18(25)22-23-19(26)12-3-8-15(16(9-12)27-2)28-10-17(21)24/h3-9,11H,10H2,1-2H3,(H2,21,24)(H,22,25)(H,23,26)/t11-/m0/s1. The van der Waals surface area contributed by atoms with Gasteiger partial charge in [-0.3, -0.25) is 25.2 Å². The molecule has 0 fully saturated rings. The first-order chi connectivity index (χ1) is 13.8.